The second kappa shape index (κ2) is 6.89. The second-order valence-electron chi connectivity index (χ2n) is 6.88. The highest BCUT2D eigenvalue weighted by atomic mass is 16.4. The average Bonchev–Trinajstić information content (AvgIpc) is 3.10. The first-order valence-corrected chi connectivity index (χ1v) is 8.20. The number of hydrogen-bond donors (Lipinski definition) is 1. The van der Waals surface area contributed by atoms with Crippen LogP contribution in [-0.4, -0.2) is 16.1 Å². The Morgan fingerprint density at radius 3 is 2.16 bits per heavy atom. The van der Waals surface area contributed by atoms with E-state index in [2.05, 4.69) is 15.5 Å². The lowest BCUT2D eigenvalue weighted by molar-refractivity contribution is -0.129. The van der Waals surface area contributed by atoms with Crippen molar-refractivity contribution in [3.8, 4) is 11.5 Å². The molecule has 5 nitrogen and oxygen atoms in total. The van der Waals surface area contributed by atoms with Gasteiger partial charge in [0, 0.05) is 11.0 Å². The molecule has 0 fully saturated rings. The number of nitrogens with zero attached hydrogens (tertiary/aromatic N) is 2. The van der Waals surface area contributed by atoms with Crippen LogP contribution in [0.1, 0.15) is 38.3 Å². The van der Waals surface area contributed by atoms with E-state index in [0.717, 1.165) is 11.1 Å². The predicted molar refractivity (Wildman–Crippen MR) is 95.6 cm³/mol. The highest BCUT2D eigenvalue weighted by Gasteiger charge is 2.28. The van der Waals surface area contributed by atoms with E-state index in [-0.39, 0.29) is 5.91 Å². The van der Waals surface area contributed by atoms with Crippen molar-refractivity contribution in [2.24, 2.45) is 5.41 Å². The summed E-state index contributed by atoms with van der Waals surface area (Å²) in [5, 5.41) is 11.3. The summed E-state index contributed by atoms with van der Waals surface area (Å²) in [6, 6.07) is 18.7. The number of nitrogens with one attached hydrogen (secondary N) is 1. The van der Waals surface area contributed by atoms with Crippen LogP contribution in [0, 0.1) is 5.41 Å². The minimum atomic E-state index is -0.519. The molecule has 1 atom stereocenters. The van der Waals surface area contributed by atoms with Gasteiger partial charge in [0.1, 0.15) is 6.04 Å². The molecule has 1 aromatic heterocycles. The number of carbonyl (C=O) groups is 1. The van der Waals surface area contributed by atoms with Crippen LogP contribution in [0.15, 0.2) is 65.1 Å². The van der Waals surface area contributed by atoms with Gasteiger partial charge in [-0.3, -0.25) is 4.79 Å². The van der Waals surface area contributed by atoms with Crippen molar-refractivity contribution in [3.05, 3.63) is 72.1 Å². The van der Waals surface area contributed by atoms with E-state index in [0.29, 0.717) is 11.8 Å². The van der Waals surface area contributed by atoms with Crippen LogP contribution in [0.2, 0.25) is 0 Å². The van der Waals surface area contributed by atoms with E-state index >= 15 is 0 Å². The molecule has 1 amide bonds. The highest BCUT2D eigenvalue weighted by molar-refractivity contribution is 5.82. The fourth-order valence-electron chi connectivity index (χ4n) is 2.33. The number of rotatable bonds is 4. The lowest BCUT2D eigenvalue weighted by Gasteiger charge is -2.22. The van der Waals surface area contributed by atoms with E-state index in [9.17, 15) is 4.79 Å². The third-order valence-corrected chi connectivity index (χ3v) is 3.80. The van der Waals surface area contributed by atoms with Gasteiger partial charge in [-0.1, -0.05) is 69.3 Å². The molecular formula is C20H21N3O2. The van der Waals surface area contributed by atoms with Crippen molar-refractivity contribution in [2.45, 2.75) is 26.8 Å². The van der Waals surface area contributed by atoms with Gasteiger partial charge in [0.05, 0.1) is 0 Å². The second-order valence-corrected chi connectivity index (χ2v) is 6.88. The van der Waals surface area contributed by atoms with Crippen molar-refractivity contribution in [3.63, 3.8) is 0 Å². The summed E-state index contributed by atoms with van der Waals surface area (Å²) in [4.78, 5) is 12.5. The maximum atomic E-state index is 12.5. The Balaban J connectivity index is 1.95. The zero-order valence-corrected chi connectivity index (χ0v) is 14.6. The van der Waals surface area contributed by atoms with E-state index in [1.807, 2.05) is 81.4 Å². The Bertz CT molecular complexity index is 836. The smallest absolute Gasteiger partial charge is 0.247 e. The Labute approximate surface area is 147 Å². The normalized spacial score (nSPS) is 12.6. The zero-order chi connectivity index (χ0) is 17.9. The third-order valence-electron chi connectivity index (χ3n) is 3.80. The van der Waals surface area contributed by atoms with Crippen LogP contribution < -0.4 is 5.32 Å². The van der Waals surface area contributed by atoms with Gasteiger partial charge in [-0.05, 0) is 17.7 Å². The first-order chi connectivity index (χ1) is 11.9. The standard InChI is InChI=1S/C20H21N3O2/c1-20(2,3)19(24)21-16(14-10-6-4-7-11-14)18-23-22-17(25-18)15-12-8-5-9-13-15/h4-13,16H,1-3H3,(H,21,24). The van der Waals surface area contributed by atoms with Crippen LogP contribution in [0.25, 0.3) is 11.5 Å². The molecule has 3 rings (SSSR count). The van der Waals surface area contributed by atoms with Crippen molar-refractivity contribution in [1.29, 1.82) is 0 Å². The molecule has 2 aromatic carbocycles. The van der Waals surface area contributed by atoms with Gasteiger partial charge in [-0.25, -0.2) is 0 Å². The predicted octanol–water partition coefficient (Wildman–Crippen LogP) is 3.99. The van der Waals surface area contributed by atoms with Crippen LogP contribution in [-0.2, 0) is 4.79 Å². The first-order valence-electron chi connectivity index (χ1n) is 8.20. The van der Waals surface area contributed by atoms with Gasteiger partial charge in [-0.2, -0.15) is 0 Å². The largest absolute Gasteiger partial charge is 0.418 e. The molecule has 0 saturated heterocycles. The minimum absolute atomic E-state index is 0.0826. The summed E-state index contributed by atoms with van der Waals surface area (Å²) >= 11 is 0. The quantitative estimate of drug-likeness (QED) is 0.783. The fourth-order valence-corrected chi connectivity index (χ4v) is 2.33. The van der Waals surface area contributed by atoms with Gasteiger partial charge in [0.15, 0.2) is 0 Å². The van der Waals surface area contributed by atoms with Gasteiger partial charge in [0.2, 0.25) is 17.7 Å². The van der Waals surface area contributed by atoms with Crippen molar-refractivity contribution in [2.75, 3.05) is 0 Å². The van der Waals surface area contributed by atoms with Crippen molar-refractivity contribution >= 4 is 5.91 Å². The van der Waals surface area contributed by atoms with Crippen LogP contribution in [0.4, 0.5) is 0 Å². The van der Waals surface area contributed by atoms with Crippen LogP contribution in [0.3, 0.4) is 0 Å². The number of benzene rings is 2. The summed E-state index contributed by atoms with van der Waals surface area (Å²) in [6.45, 7) is 5.61. The zero-order valence-electron chi connectivity index (χ0n) is 14.6. The van der Waals surface area contributed by atoms with E-state index in [4.69, 9.17) is 4.42 Å². The van der Waals surface area contributed by atoms with Gasteiger partial charge < -0.3 is 9.73 Å². The maximum Gasteiger partial charge on any atom is 0.247 e. The van der Waals surface area contributed by atoms with Crippen LogP contribution in [0.5, 0.6) is 0 Å². The summed E-state index contributed by atoms with van der Waals surface area (Å²) in [7, 11) is 0. The molecule has 0 aliphatic heterocycles. The lowest BCUT2D eigenvalue weighted by atomic mass is 9.94. The number of carbonyl (C=O) groups excluding carboxylic acids is 1. The highest BCUT2D eigenvalue weighted by Crippen LogP contribution is 2.26. The Morgan fingerprint density at radius 2 is 1.56 bits per heavy atom. The molecule has 5 heteroatoms. The van der Waals surface area contributed by atoms with Gasteiger partial charge in [-0.15, -0.1) is 10.2 Å². The molecular weight excluding hydrogens is 314 g/mol. The minimum Gasteiger partial charge on any atom is -0.418 e. The Morgan fingerprint density at radius 1 is 0.960 bits per heavy atom. The first kappa shape index (κ1) is 16.9. The molecule has 1 heterocycles. The van der Waals surface area contributed by atoms with Crippen molar-refractivity contribution in [1.82, 2.24) is 15.5 Å². The SMILES string of the molecule is CC(C)(C)C(=O)NC(c1ccccc1)c1nnc(-c2ccccc2)o1. The number of aromatic nitrogens is 2. The molecule has 0 saturated carbocycles. The third kappa shape index (κ3) is 3.94. The fraction of sp³-hybridized carbons (Fsp3) is 0.250. The van der Waals surface area contributed by atoms with E-state index in [1.165, 1.54) is 0 Å². The Hall–Kier alpha value is -2.95. The summed E-state index contributed by atoms with van der Waals surface area (Å²) < 4.78 is 5.86. The molecule has 0 aliphatic rings. The molecule has 3 aromatic rings. The topological polar surface area (TPSA) is 68.0 Å². The molecule has 1 N–H and O–H groups in total. The summed E-state index contributed by atoms with van der Waals surface area (Å²) in [6.07, 6.45) is 0. The molecule has 25 heavy (non-hydrogen) atoms. The Kier molecular flexibility index (Phi) is 4.65. The van der Waals surface area contributed by atoms with E-state index in [1.54, 1.807) is 0 Å². The summed E-state index contributed by atoms with van der Waals surface area (Å²) in [5.74, 6) is 0.713. The molecule has 128 valence electrons. The van der Waals surface area contributed by atoms with E-state index < -0.39 is 11.5 Å². The molecule has 1 unspecified atom stereocenters. The molecule has 0 spiro atoms. The van der Waals surface area contributed by atoms with Crippen molar-refractivity contribution < 1.29 is 9.21 Å². The van der Waals surface area contributed by atoms with Gasteiger partial charge in [0.25, 0.3) is 0 Å². The monoisotopic (exact) mass is 335 g/mol. The number of amides is 1. The van der Waals surface area contributed by atoms with Gasteiger partial charge >= 0.3 is 0 Å². The maximum absolute atomic E-state index is 12.5. The average molecular weight is 335 g/mol. The summed E-state index contributed by atoms with van der Waals surface area (Å²) in [5.41, 5.74) is 1.22. The molecule has 0 bridgehead atoms. The lowest BCUT2D eigenvalue weighted by Crippen LogP contribution is -2.38. The molecule has 0 aliphatic carbocycles. The molecule has 0 radical (unpaired) electrons. The number of hydrogen-bond acceptors (Lipinski definition) is 4. The van der Waals surface area contributed by atoms with Crippen LogP contribution >= 0.6 is 0 Å².